The van der Waals surface area contributed by atoms with E-state index in [2.05, 4.69) is 5.32 Å². The monoisotopic (exact) mass is 435 g/mol. The molecule has 0 spiro atoms. The van der Waals surface area contributed by atoms with E-state index in [1.54, 1.807) is 6.92 Å². The van der Waals surface area contributed by atoms with E-state index < -0.39 is 58.3 Å². The Morgan fingerprint density at radius 3 is 2.32 bits per heavy atom. The molecule has 2 rings (SSSR count). The third-order valence-electron chi connectivity index (χ3n) is 4.40. The Balaban J connectivity index is 2.40. The van der Waals surface area contributed by atoms with Gasteiger partial charge in [0, 0.05) is 24.1 Å². The molecular formula is C20H19F2N3O6. The number of hydrogen-bond donors (Lipinski definition) is 2. The van der Waals surface area contributed by atoms with Crippen LogP contribution in [0.25, 0.3) is 0 Å². The number of nitrogens with one attached hydrogen (secondary N) is 1. The third-order valence-corrected chi connectivity index (χ3v) is 4.40. The smallest absolute Gasteiger partial charge is 0.306 e. The number of primary amides is 1. The molecule has 2 amide bonds. The van der Waals surface area contributed by atoms with Crippen LogP contribution >= 0.6 is 0 Å². The van der Waals surface area contributed by atoms with Crippen LogP contribution in [0.4, 0.5) is 14.5 Å². The fourth-order valence-corrected chi connectivity index (χ4v) is 2.93. The number of non-ortho nitro benzene ring substituents is 1. The number of amides is 2. The predicted molar refractivity (Wildman–Crippen MR) is 104 cm³/mol. The molecule has 0 aliphatic rings. The molecule has 164 valence electrons. The second kappa shape index (κ2) is 10.2. The summed E-state index contributed by atoms with van der Waals surface area (Å²) in [7, 11) is 0. The maximum atomic E-state index is 14.0. The molecule has 0 aliphatic heterocycles. The second-order valence-electron chi connectivity index (χ2n) is 6.44. The summed E-state index contributed by atoms with van der Waals surface area (Å²) < 4.78 is 32.0. The summed E-state index contributed by atoms with van der Waals surface area (Å²) in [5.41, 5.74) is 4.94. The molecule has 0 saturated heterocycles. The summed E-state index contributed by atoms with van der Waals surface area (Å²) in [6.07, 6.45) is -0.397. The van der Waals surface area contributed by atoms with Crippen molar-refractivity contribution in [3.63, 3.8) is 0 Å². The fourth-order valence-electron chi connectivity index (χ4n) is 2.93. The second-order valence-corrected chi connectivity index (χ2v) is 6.44. The molecule has 2 aromatic rings. The standard InChI is InChI=1S/C20H19F2N3O6/c1-2-31-17(26)10-15(11-3-6-13(7-4-11)25(29)30)18(19(23)27)24-20(28)14-8-5-12(21)9-16(14)22/h3-9,15,18H,2,10H2,1H3,(H2,23,27)(H,24,28)/t15-,18+/m1/s1. The van der Waals surface area contributed by atoms with Gasteiger partial charge in [0.15, 0.2) is 0 Å². The fraction of sp³-hybridized carbons (Fsp3) is 0.250. The van der Waals surface area contributed by atoms with Crippen LogP contribution < -0.4 is 11.1 Å². The summed E-state index contributed by atoms with van der Waals surface area (Å²) in [5, 5.41) is 13.1. The summed E-state index contributed by atoms with van der Waals surface area (Å²) in [4.78, 5) is 47.0. The number of benzene rings is 2. The van der Waals surface area contributed by atoms with Crippen LogP contribution in [0.15, 0.2) is 42.5 Å². The molecule has 0 heterocycles. The van der Waals surface area contributed by atoms with Crippen LogP contribution in [0.5, 0.6) is 0 Å². The van der Waals surface area contributed by atoms with Gasteiger partial charge in [-0.05, 0) is 24.6 Å². The van der Waals surface area contributed by atoms with E-state index in [-0.39, 0.29) is 17.9 Å². The Labute approximate surface area is 175 Å². The largest absolute Gasteiger partial charge is 0.466 e. The van der Waals surface area contributed by atoms with Gasteiger partial charge in [0.1, 0.15) is 17.7 Å². The van der Waals surface area contributed by atoms with Crippen molar-refractivity contribution in [2.75, 3.05) is 6.61 Å². The zero-order chi connectivity index (χ0) is 23.1. The predicted octanol–water partition coefficient (Wildman–Crippen LogP) is 2.19. The van der Waals surface area contributed by atoms with Gasteiger partial charge < -0.3 is 15.8 Å². The van der Waals surface area contributed by atoms with E-state index >= 15 is 0 Å². The maximum Gasteiger partial charge on any atom is 0.306 e. The lowest BCUT2D eigenvalue weighted by Gasteiger charge is -2.25. The Kier molecular flexibility index (Phi) is 7.72. The number of halogens is 2. The Bertz CT molecular complexity index is 997. The number of rotatable bonds is 9. The first kappa shape index (κ1) is 23.4. The van der Waals surface area contributed by atoms with E-state index in [9.17, 15) is 33.3 Å². The van der Waals surface area contributed by atoms with Gasteiger partial charge in [-0.3, -0.25) is 24.5 Å². The number of carbonyl (C=O) groups excluding carboxylic acids is 3. The highest BCUT2D eigenvalue weighted by Crippen LogP contribution is 2.27. The highest BCUT2D eigenvalue weighted by Gasteiger charge is 2.33. The maximum absolute atomic E-state index is 14.0. The van der Waals surface area contributed by atoms with Crippen LogP contribution in [0, 0.1) is 21.7 Å². The SMILES string of the molecule is CCOC(=O)C[C@H](c1ccc([N+](=O)[O-])cc1)[C@H](NC(=O)c1ccc(F)cc1F)C(N)=O. The van der Waals surface area contributed by atoms with Crippen molar-refractivity contribution >= 4 is 23.5 Å². The first-order chi connectivity index (χ1) is 14.6. The highest BCUT2D eigenvalue weighted by molar-refractivity contribution is 5.98. The van der Waals surface area contributed by atoms with Gasteiger partial charge in [-0.25, -0.2) is 8.78 Å². The quantitative estimate of drug-likeness (QED) is 0.351. The lowest BCUT2D eigenvalue weighted by atomic mass is 9.87. The third kappa shape index (κ3) is 6.04. The van der Waals surface area contributed by atoms with Gasteiger partial charge >= 0.3 is 5.97 Å². The van der Waals surface area contributed by atoms with Gasteiger partial charge in [-0.1, -0.05) is 12.1 Å². The van der Waals surface area contributed by atoms with Gasteiger partial charge in [0.05, 0.1) is 23.5 Å². The van der Waals surface area contributed by atoms with Gasteiger partial charge in [0.2, 0.25) is 5.91 Å². The van der Waals surface area contributed by atoms with Crippen LogP contribution in [0.2, 0.25) is 0 Å². The van der Waals surface area contributed by atoms with E-state index in [1.165, 1.54) is 12.1 Å². The molecule has 3 N–H and O–H groups in total. The van der Waals surface area contributed by atoms with Gasteiger partial charge in [0.25, 0.3) is 11.6 Å². The number of nitro groups is 1. The molecular weight excluding hydrogens is 416 g/mol. The number of ether oxygens (including phenoxy) is 1. The van der Waals surface area contributed by atoms with E-state index in [0.29, 0.717) is 6.07 Å². The van der Waals surface area contributed by atoms with Crippen molar-refractivity contribution in [2.45, 2.75) is 25.3 Å². The number of carbonyl (C=O) groups is 3. The number of nitrogens with two attached hydrogens (primary N) is 1. The van der Waals surface area contributed by atoms with Crippen molar-refractivity contribution in [1.82, 2.24) is 5.32 Å². The number of nitrogens with zero attached hydrogens (tertiary/aromatic N) is 1. The lowest BCUT2D eigenvalue weighted by molar-refractivity contribution is -0.384. The molecule has 0 unspecified atom stereocenters. The first-order valence-electron chi connectivity index (χ1n) is 9.09. The average Bonchev–Trinajstić information content (AvgIpc) is 2.70. The topological polar surface area (TPSA) is 142 Å². The highest BCUT2D eigenvalue weighted by atomic mass is 19.1. The number of esters is 1. The van der Waals surface area contributed by atoms with Crippen molar-refractivity contribution in [3.8, 4) is 0 Å². The molecule has 0 aromatic heterocycles. The van der Waals surface area contributed by atoms with Crippen molar-refractivity contribution in [1.29, 1.82) is 0 Å². The van der Waals surface area contributed by atoms with Crippen LogP contribution in [0.1, 0.15) is 35.2 Å². The molecule has 0 saturated carbocycles. The van der Waals surface area contributed by atoms with Crippen LogP contribution in [-0.4, -0.2) is 35.4 Å². The minimum absolute atomic E-state index is 0.0558. The number of nitro benzene ring substituents is 1. The van der Waals surface area contributed by atoms with E-state index in [1.807, 2.05) is 0 Å². The van der Waals surface area contributed by atoms with E-state index in [4.69, 9.17) is 10.5 Å². The van der Waals surface area contributed by atoms with Crippen molar-refractivity contribution in [2.24, 2.45) is 5.73 Å². The summed E-state index contributed by atoms with van der Waals surface area (Å²) in [6.45, 7) is 1.63. The summed E-state index contributed by atoms with van der Waals surface area (Å²) >= 11 is 0. The van der Waals surface area contributed by atoms with Crippen molar-refractivity contribution < 1.29 is 32.8 Å². The zero-order valence-corrected chi connectivity index (χ0v) is 16.3. The number of hydrogen-bond acceptors (Lipinski definition) is 6. The van der Waals surface area contributed by atoms with Gasteiger partial charge in [-0.15, -0.1) is 0 Å². The molecule has 0 fully saturated rings. The van der Waals surface area contributed by atoms with Crippen LogP contribution in [0.3, 0.4) is 0 Å². The Morgan fingerprint density at radius 1 is 1.16 bits per heavy atom. The zero-order valence-electron chi connectivity index (χ0n) is 16.3. The average molecular weight is 435 g/mol. The Morgan fingerprint density at radius 2 is 1.81 bits per heavy atom. The molecule has 0 radical (unpaired) electrons. The minimum Gasteiger partial charge on any atom is -0.466 e. The molecule has 11 heteroatoms. The van der Waals surface area contributed by atoms with Crippen molar-refractivity contribution in [3.05, 3.63) is 75.3 Å². The first-order valence-corrected chi connectivity index (χ1v) is 9.09. The molecule has 31 heavy (non-hydrogen) atoms. The van der Waals surface area contributed by atoms with E-state index in [0.717, 1.165) is 24.3 Å². The Hall–Kier alpha value is -3.89. The lowest BCUT2D eigenvalue weighted by Crippen LogP contribution is -2.49. The molecule has 0 aliphatic carbocycles. The normalized spacial score (nSPS) is 12.5. The summed E-state index contributed by atoms with van der Waals surface area (Å²) in [6, 6.07) is 5.70. The van der Waals surface area contributed by atoms with Crippen LogP contribution in [-0.2, 0) is 14.3 Å². The molecule has 9 nitrogen and oxygen atoms in total. The van der Waals surface area contributed by atoms with Gasteiger partial charge in [-0.2, -0.15) is 0 Å². The molecule has 2 atom stereocenters. The molecule has 2 aromatic carbocycles. The molecule has 0 bridgehead atoms. The minimum atomic E-state index is -1.50. The summed E-state index contributed by atoms with van der Waals surface area (Å²) in [5.74, 6) is -5.92.